The van der Waals surface area contributed by atoms with Gasteiger partial charge < -0.3 is 24.3 Å². The monoisotopic (exact) mass is 465 g/mol. The number of carbonyl (C=O) groups is 1. The highest BCUT2D eigenvalue weighted by Gasteiger charge is 2.25. The van der Waals surface area contributed by atoms with Crippen molar-refractivity contribution >= 4 is 17.7 Å². The standard InChI is InChI=1S/C26H27NO5S/c1-29-23-12-10-21(24(30-2)25(23)31-3)26(28)27-15-19-14-18-13-17(7-11-22(18)32-19)16-5-8-20(33-4)9-6-16/h5-13,19H,14-15H2,1-4H3,(H,27,28). The SMILES string of the molecule is COc1ccc(C(=O)NCC2Cc3cc(-c4ccc(SC)cc4)ccc3O2)c(OC)c1OC. The van der Waals surface area contributed by atoms with Crippen LogP contribution in [0.4, 0.5) is 0 Å². The van der Waals surface area contributed by atoms with Crippen LogP contribution in [0, 0.1) is 0 Å². The second-order valence-corrected chi connectivity index (χ2v) is 8.47. The van der Waals surface area contributed by atoms with E-state index >= 15 is 0 Å². The largest absolute Gasteiger partial charge is 0.493 e. The van der Waals surface area contributed by atoms with Gasteiger partial charge in [-0.2, -0.15) is 0 Å². The van der Waals surface area contributed by atoms with Crippen molar-refractivity contribution in [2.24, 2.45) is 0 Å². The van der Waals surface area contributed by atoms with Gasteiger partial charge in [0.1, 0.15) is 11.9 Å². The van der Waals surface area contributed by atoms with Gasteiger partial charge in [0.25, 0.3) is 5.91 Å². The number of nitrogens with one attached hydrogen (secondary N) is 1. The number of amides is 1. The van der Waals surface area contributed by atoms with E-state index in [1.807, 2.05) is 6.07 Å². The lowest BCUT2D eigenvalue weighted by molar-refractivity contribution is 0.0929. The summed E-state index contributed by atoms with van der Waals surface area (Å²) in [5.74, 6) is 1.82. The highest BCUT2D eigenvalue weighted by molar-refractivity contribution is 7.98. The molecule has 0 radical (unpaired) electrons. The van der Waals surface area contributed by atoms with E-state index in [0.717, 1.165) is 23.3 Å². The summed E-state index contributed by atoms with van der Waals surface area (Å²) < 4.78 is 22.1. The molecule has 1 amide bonds. The second-order valence-electron chi connectivity index (χ2n) is 7.59. The van der Waals surface area contributed by atoms with E-state index in [2.05, 4.69) is 48.0 Å². The lowest BCUT2D eigenvalue weighted by Crippen LogP contribution is -2.34. The fraction of sp³-hybridized carbons (Fsp3) is 0.269. The van der Waals surface area contributed by atoms with Gasteiger partial charge >= 0.3 is 0 Å². The van der Waals surface area contributed by atoms with E-state index < -0.39 is 0 Å². The van der Waals surface area contributed by atoms with Gasteiger partial charge in [-0.1, -0.05) is 18.2 Å². The van der Waals surface area contributed by atoms with Crippen LogP contribution in [0.2, 0.25) is 0 Å². The second kappa shape index (κ2) is 10.1. The van der Waals surface area contributed by atoms with Crippen LogP contribution in [0.1, 0.15) is 15.9 Å². The predicted molar refractivity (Wildman–Crippen MR) is 130 cm³/mol. The Morgan fingerprint density at radius 3 is 2.36 bits per heavy atom. The minimum atomic E-state index is -0.262. The van der Waals surface area contributed by atoms with Crippen molar-refractivity contribution in [3.8, 4) is 34.1 Å². The molecule has 0 aliphatic carbocycles. The summed E-state index contributed by atoms with van der Waals surface area (Å²) in [5, 5.41) is 2.96. The van der Waals surface area contributed by atoms with Gasteiger partial charge in [-0.05, 0) is 59.3 Å². The highest BCUT2D eigenvalue weighted by atomic mass is 32.2. The maximum Gasteiger partial charge on any atom is 0.255 e. The van der Waals surface area contributed by atoms with Crippen LogP contribution in [-0.2, 0) is 6.42 Å². The summed E-state index contributed by atoms with van der Waals surface area (Å²) in [7, 11) is 4.55. The van der Waals surface area contributed by atoms with Crippen LogP contribution >= 0.6 is 11.8 Å². The van der Waals surface area contributed by atoms with Crippen molar-refractivity contribution in [3.63, 3.8) is 0 Å². The fourth-order valence-electron chi connectivity index (χ4n) is 3.98. The number of fused-ring (bicyclic) bond motifs is 1. The summed E-state index contributed by atoms with van der Waals surface area (Å²) in [6.45, 7) is 0.378. The van der Waals surface area contributed by atoms with Crippen LogP contribution in [0.25, 0.3) is 11.1 Å². The highest BCUT2D eigenvalue weighted by Crippen LogP contribution is 2.40. The van der Waals surface area contributed by atoms with Crippen LogP contribution in [-0.4, -0.2) is 46.1 Å². The molecular formula is C26H27NO5S. The van der Waals surface area contributed by atoms with Crippen molar-refractivity contribution in [2.75, 3.05) is 34.1 Å². The third-order valence-electron chi connectivity index (χ3n) is 5.66. The molecule has 1 unspecified atom stereocenters. The Kier molecular flexibility index (Phi) is 6.99. The summed E-state index contributed by atoms with van der Waals surface area (Å²) in [6, 6.07) is 18.1. The minimum Gasteiger partial charge on any atom is -0.493 e. The van der Waals surface area contributed by atoms with Gasteiger partial charge in [0.15, 0.2) is 11.5 Å². The van der Waals surface area contributed by atoms with Gasteiger partial charge in [0.2, 0.25) is 5.75 Å². The molecule has 33 heavy (non-hydrogen) atoms. The normalized spacial score (nSPS) is 14.2. The molecule has 4 rings (SSSR count). The Hall–Kier alpha value is -3.32. The number of carbonyl (C=O) groups excluding carboxylic acids is 1. The number of benzene rings is 3. The molecule has 7 heteroatoms. The summed E-state index contributed by atoms with van der Waals surface area (Å²) in [4.78, 5) is 14.1. The average molecular weight is 466 g/mol. The number of hydrogen-bond donors (Lipinski definition) is 1. The van der Waals surface area contributed by atoms with Gasteiger partial charge in [-0.15, -0.1) is 11.8 Å². The zero-order valence-electron chi connectivity index (χ0n) is 19.1. The average Bonchev–Trinajstić information content (AvgIpc) is 3.28. The Morgan fingerprint density at radius 2 is 1.70 bits per heavy atom. The third-order valence-corrected chi connectivity index (χ3v) is 6.41. The van der Waals surface area contributed by atoms with Crippen molar-refractivity contribution < 1.29 is 23.7 Å². The van der Waals surface area contributed by atoms with Gasteiger partial charge in [0.05, 0.1) is 33.4 Å². The van der Waals surface area contributed by atoms with Crippen LogP contribution in [0.15, 0.2) is 59.5 Å². The Balaban J connectivity index is 1.43. The minimum absolute atomic E-state index is 0.135. The molecule has 3 aromatic rings. The number of ether oxygens (including phenoxy) is 4. The molecule has 3 aromatic carbocycles. The van der Waals surface area contributed by atoms with E-state index in [0.29, 0.717) is 29.4 Å². The fourth-order valence-corrected chi connectivity index (χ4v) is 4.39. The predicted octanol–water partition coefficient (Wildman–Crippen LogP) is 4.83. The zero-order valence-corrected chi connectivity index (χ0v) is 20.0. The smallest absolute Gasteiger partial charge is 0.255 e. The molecular weight excluding hydrogens is 438 g/mol. The molecule has 1 N–H and O–H groups in total. The van der Waals surface area contributed by atoms with Gasteiger partial charge in [-0.3, -0.25) is 4.79 Å². The van der Waals surface area contributed by atoms with E-state index in [-0.39, 0.29) is 12.0 Å². The molecule has 1 heterocycles. The molecule has 1 atom stereocenters. The maximum absolute atomic E-state index is 12.9. The lowest BCUT2D eigenvalue weighted by atomic mass is 10.0. The molecule has 172 valence electrons. The van der Waals surface area contributed by atoms with Crippen molar-refractivity contribution in [2.45, 2.75) is 17.4 Å². The lowest BCUT2D eigenvalue weighted by Gasteiger charge is -2.16. The molecule has 0 saturated heterocycles. The number of methoxy groups -OCH3 is 3. The van der Waals surface area contributed by atoms with Crippen LogP contribution in [0.5, 0.6) is 23.0 Å². The summed E-state index contributed by atoms with van der Waals surface area (Å²) in [5.41, 5.74) is 3.85. The zero-order chi connectivity index (χ0) is 23.4. The Morgan fingerprint density at radius 1 is 0.970 bits per heavy atom. The van der Waals surface area contributed by atoms with Crippen LogP contribution in [0.3, 0.4) is 0 Å². The summed E-state index contributed by atoms with van der Waals surface area (Å²) in [6.07, 6.45) is 2.67. The van der Waals surface area contributed by atoms with Gasteiger partial charge in [0, 0.05) is 11.3 Å². The maximum atomic E-state index is 12.9. The number of hydrogen-bond acceptors (Lipinski definition) is 6. The van der Waals surface area contributed by atoms with Gasteiger partial charge in [-0.25, -0.2) is 0 Å². The van der Waals surface area contributed by atoms with Crippen molar-refractivity contribution in [1.29, 1.82) is 0 Å². The van der Waals surface area contributed by atoms with E-state index in [9.17, 15) is 4.79 Å². The third kappa shape index (κ3) is 4.73. The molecule has 1 aliphatic heterocycles. The first-order valence-electron chi connectivity index (χ1n) is 10.6. The molecule has 0 fully saturated rings. The van der Waals surface area contributed by atoms with Crippen LogP contribution < -0.4 is 24.3 Å². The molecule has 1 aliphatic rings. The molecule has 0 aromatic heterocycles. The number of rotatable bonds is 8. The van der Waals surface area contributed by atoms with Crippen molar-refractivity contribution in [3.05, 3.63) is 65.7 Å². The summed E-state index contributed by atoms with van der Waals surface area (Å²) >= 11 is 1.73. The van der Waals surface area contributed by atoms with E-state index in [4.69, 9.17) is 18.9 Å². The van der Waals surface area contributed by atoms with E-state index in [1.165, 1.54) is 31.8 Å². The first-order chi connectivity index (χ1) is 16.1. The first kappa shape index (κ1) is 22.9. The number of thioether (sulfide) groups is 1. The Labute approximate surface area is 198 Å². The molecule has 0 saturated carbocycles. The quantitative estimate of drug-likeness (QED) is 0.481. The van der Waals surface area contributed by atoms with E-state index in [1.54, 1.807) is 23.9 Å². The topological polar surface area (TPSA) is 66.0 Å². The molecule has 0 spiro atoms. The van der Waals surface area contributed by atoms with Crippen molar-refractivity contribution in [1.82, 2.24) is 5.32 Å². The Bertz CT molecular complexity index is 1150. The molecule has 0 bridgehead atoms. The molecule has 6 nitrogen and oxygen atoms in total. The first-order valence-corrected chi connectivity index (χ1v) is 11.8.